The topological polar surface area (TPSA) is 61.4 Å². The van der Waals surface area contributed by atoms with Gasteiger partial charge in [-0.15, -0.1) is 0 Å². The first-order valence-electron chi connectivity index (χ1n) is 9.57. The van der Waals surface area contributed by atoms with Crippen LogP contribution in [0.3, 0.4) is 0 Å². The van der Waals surface area contributed by atoms with E-state index in [-0.39, 0.29) is 11.8 Å². The number of anilines is 2. The predicted molar refractivity (Wildman–Crippen MR) is 109 cm³/mol. The molecule has 0 bridgehead atoms. The zero-order chi connectivity index (χ0) is 19.2. The van der Waals surface area contributed by atoms with Crippen LogP contribution in [0.15, 0.2) is 48.5 Å². The van der Waals surface area contributed by atoms with Crippen LogP contribution < -0.4 is 15.5 Å². The lowest BCUT2D eigenvalue weighted by atomic mass is 10.1. The van der Waals surface area contributed by atoms with Crippen LogP contribution in [0.2, 0.25) is 0 Å². The molecule has 0 radical (unpaired) electrons. The first kappa shape index (κ1) is 19.0. The maximum atomic E-state index is 12.4. The van der Waals surface area contributed by atoms with Crippen LogP contribution in [-0.4, -0.2) is 24.4 Å². The van der Waals surface area contributed by atoms with Crippen molar-refractivity contribution in [1.29, 1.82) is 0 Å². The second-order valence-electron chi connectivity index (χ2n) is 7.23. The molecule has 0 atom stereocenters. The van der Waals surface area contributed by atoms with Crippen LogP contribution in [0.25, 0.3) is 0 Å². The van der Waals surface area contributed by atoms with E-state index in [4.69, 9.17) is 0 Å². The lowest BCUT2D eigenvalue weighted by Gasteiger charge is -2.26. The van der Waals surface area contributed by atoms with Gasteiger partial charge in [0.15, 0.2) is 0 Å². The number of piperidine rings is 1. The molecule has 3 rings (SSSR count). The Morgan fingerprint density at radius 3 is 2.59 bits per heavy atom. The number of carbonyl (C=O) groups is 2. The Hall–Kier alpha value is -2.82. The second kappa shape index (κ2) is 8.71. The van der Waals surface area contributed by atoms with Gasteiger partial charge in [-0.25, -0.2) is 0 Å². The van der Waals surface area contributed by atoms with Gasteiger partial charge in [0.05, 0.1) is 0 Å². The summed E-state index contributed by atoms with van der Waals surface area (Å²) < 4.78 is 0. The van der Waals surface area contributed by atoms with Crippen molar-refractivity contribution in [3.63, 3.8) is 0 Å². The number of nitrogens with one attached hydrogen (secondary N) is 2. The van der Waals surface area contributed by atoms with Gasteiger partial charge in [-0.05, 0) is 62.6 Å². The summed E-state index contributed by atoms with van der Waals surface area (Å²) in [5.74, 6) is 0.0925. The number of hydrogen-bond acceptors (Lipinski definition) is 3. The summed E-state index contributed by atoms with van der Waals surface area (Å²) in [6.45, 7) is 5.37. The summed E-state index contributed by atoms with van der Waals surface area (Å²) in [6, 6.07) is 15.7. The number of hydrogen-bond donors (Lipinski definition) is 2. The van der Waals surface area contributed by atoms with Gasteiger partial charge in [0, 0.05) is 42.5 Å². The molecule has 5 nitrogen and oxygen atoms in total. The maximum Gasteiger partial charge on any atom is 0.251 e. The summed E-state index contributed by atoms with van der Waals surface area (Å²) >= 11 is 0. The highest BCUT2D eigenvalue weighted by atomic mass is 16.2. The van der Waals surface area contributed by atoms with E-state index in [2.05, 4.69) is 24.5 Å². The quantitative estimate of drug-likeness (QED) is 0.815. The van der Waals surface area contributed by atoms with Crippen LogP contribution in [0.5, 0.6) is 0 Å². The third-order valence-electron chi connectivity index (χ3n) is 4.60. The highest BCUT2D eigenvalue weighted by Crippen LogP contribution is 2.21. The fourth-order valence-electron chi connectivity index (χ4n) is 3.24. The number of benzene rings is 2. The molecule has 0 unspecified atom stereocenters. The average molecular weight is 365 g/mol. The predicted octanol–water partition coefficient (Wildman–Crippen LogP) is 3.95. The van der Waals surface area contributed by atoms with Crippen LogP contribution in [0.4, 0.5) is 11.4 Å². The SMILES string of the molecule is CC(C)Nc1cccc(C(=O)NCc2ccc(N3CCCCC3=O)cc2)c1. The lowest BCUT2D eigenvalue weighted by Crippen LogP contribution is -2.35. The summed E-state index contributed by atoms with van der Waals surface area (Å²) in [5, 5.41) is 6.26. The number of amides is 2. The molecule has 1 aliphatic heterocycles. The molecule has 2 N–H and O–H groups in total. The van der Waals surface area contributed by atoms with Gasteiger partial charge in [-0.1, -0.05) is 18.2 Å². The Kier molecular flexibility index (Phi) is 6.12. The molecule has 0 aliphatic carbocycles. The van der Waals surface area contributed by atoms with E-state index < -0.39 is 0 Å². The molecular weight excluding hydrogens is 338 g/mol. The van der Waals surface area contributed by atoms with Gasteiger partial charge in [0.25, 0.3) is 5.91 Å². The van der Waals surface area contributed by atoms with Gasteiger partial charge in [0.2, 0.25) is 5.91 Å². The first-order valence-corrected chi connectivity index (χ1v) is 9.57. The maximum absolute atomic E-state index is 12.4. The Balaban J connectivity index is 1.58. The smallest absolute Gasteiger partial charge is 0.251 e. The van der Waals surface area contributed by atoms with Crippen LogP contribution in [0.1, 0.15) is 49.0 Å². The molecule has 1 aliphatic rings. The summed E-state index contributed by atoms with van der Waals surface area (Å²) in [6.07, 6.45) is 2.66. The minimum Gasteiger partial charge on any atom is -0.383 e. The first-order chi connectivity index (χ1) is 13.0. The van der Waals surface area contributed by atoms with Gasteiger partial charge in [-0.2, -0.15) is 0 Å². The van der Waals surface area contributed by atoms with E-state index in [0.29, 0.717) is 24.6 Å². The normalized spacial score (nSPS) is 14.3. The van der Waals surface area contributed by atoms with Crippen molar-refractivity contribution in [2.45, 2.75) is 45.7 Å². The van der Waals surface area contributed by atoms with Crippen molar-refractivity contribution in [1.82, 2.24) is 5.32 Å². The Morgan fingerprint density at radius 2 is 1.89 bits per heavy atom. The van der Waals surface area contributed by atoms with Crippen molar-refractivity contribution < 1.29 is 9.59 Å². The zero-order valence-electron chi connectivity index (χ0n) is 16.0. The Bertz CT molecular complexity index is 799. The highest BCUT2D eigenvalue weighted by Gasteiger charge is 2.19. The molecule has 5 heteroatoms. The van der Waals surface area contributed by atoms with Gasteiger partial charge in [-0.3, -0.25) is 9.59 Å². The van der Waals surface area contributed by atoms with Crippen LogP contribution in [0, 0.1) is 0 Å². The molecule has 1 fully saturated rings. The second-order valence-corrected chi connectivity index (χ2v) is 7.23. The minimum atomic E-state index is -0.0994. The highest BCUT2D eigenvalue weighted by molar-refractivity contribution is 5.95. The molecule has 0 spiro atoms. The molecule has 2 aromatic rings. The van der Waals surface area contributed by atoms with Crippen LogP contribution in [-0.2, 0) is 11.3 Å². The van der Waals surface area contributed by atoms with E-state index in [1.165, 1.54) is 0 Å². The molecule has 0 aromatic heterocycles. The molecule has 2 amide bonds. The molecular formula is C22H27N3O2. The number of rotatable bonds is 6. The minimum absolute atomic E-state index is 0.0994. The molecule has 27 heavy (non-hydrogen) atoms. The molecule has 1 heterocycles. The van der Waals surface area contributed by atoms with Gasteiger partial charge in [0.1, 0.15) is 0 Å². The Morgan fingerprint density at radius 1 is 1.11 bits per heavy atom. The molecule has 2 aromatic carbocycles. The van der Waals surface area contributed by atoms with E-state index in [0.717, 1.165) is 36.3 Å². The number of carbonyl (C=O) groups excluding carboxylic acids is 2. The molecule has 142 valence electrons. The fraction of sp³-hybridized carbons (Fsp3) is 0.364. The largest absolute Gasteiger partial charge is 0.383 e. The lowest BCUT2D eigenvalue weighted by molar-refractivity contribution is -0.119. The van der Waals surface area contributed by atoms with Crippen molar-refractivity contribution in [2.24, 2.45) is 0 Å². The van der Waals surface area contributed by atoms with Crippen molar-refractivity contribution in [3.05, 3.63) is 59.7 Å². The number of nitrogens with zero attached hydrogens (tertiary/aromatic N) is 1. The molecule has 0 saturated carbocycles. The summed E-state index contributed by atoms with van der Waals surface area (Å²) in [5.41, 5.74) is 3.51. The van der Waals surface area contributed by atoms with E-state index in [1.54, 1.807) is 0 Å². The van der Waals surface area contributed by atoms with Crippen molar-refractivity contribution in [3.8, 4) is 0 Å². The van der Waals surface area contributed by atoms with Crippen molar-refractivity contribution in [2.75, 3.05) is 16.8 Å². The summed E-state index contributed by atoms with van der Waals surface area (Å²) in [7, 11) is 0. The van der Waals surface area contributed by atoms with Crippen LogP contribution >= 0.6 is 0 Å². The standard InChI is InChI=1S/C22H27N3O2/c1-16(2)24-19-7-5-6-18(14-19)22(27)23-15-17-9-11-20(12-10-17)25-13-4-3-8-21(25)26/h5-7,9-12,14,16,24H,3-4,8,13,15H2,1-2H3,(H,23,27). The average Bonchev–Trinajstić information content (AvgIpc) is 2.67. The van der Waals surface area contributed by atoms with Gasteiger partial charge >= 0.3 is 0 Å². The summed E-state index contributed by atoms with van der Waals surface area (Å²) in [4.78, 5) is 26.3. The monoisotopic (exact) mass is 365 g/mol. The fourth-order valence-corrected chi connectivity index (χ4v) is 3.24. The third-order valence-corrected chi connectivity index (χ3v) is 4.60. The van der Waals surface area contributed by atoms with Gasteiger partial charge < -0.3 is 15.5 Å². The van der Waals surface area contributed by atoms with E-state index >= 15 is 0 Å². The Labute approximate surface area is 160 Å². The van der Waals surface area contributed by atoms with E-state index in [9.17, 15) is 9.59 Å². The molecule has 1 saturated heterocycles. The third kappa shape index (κ3) is 5.09. The zero-order valence-corrected chi connectivity index (χ0v) is 16.0. The van der Waals surface area contributed by atoms with E-state index in [1.807, 2.05) is 53.4 Å². The van der Waals surface area contributed by atoms with Crippen molar-refractivity contribution >= 4 is 23.2 Å².